The number of carbonyl (C=O) groups is 3. The number of nitrogens with zero attached hydrogens (tertiary/aromatic N) is 1. The van der Waals surface area contributed by atoms with E-state index in [1.165, 1.54) is 17.0 Å². The second-order valence-electron chi connectivity index (χ2n) is 11.0. The molecule has 11 heteroatoms. The van der Waals surface area contributed by atoms with E-state index in [1.807, 2.05) is 6.07 Å². The molecule has 0 radical (unpaired) electrons. The number of aromatic nitrogens is 1. The van der Waals surface area contributed by atoms with Gasteiger partial charge >= 0.3 is 5.97 Å². The first kappa shape index (κ1) is 30.5. The lowest BCUT2D eigenvalue weighted by Crippen LogP contribution is -2.65. The number of hydrogen-bond donors (Lipinski definition) is 6. The molecule has 1 aromatic heterocycles. The van der Waals surface area contributed by atoms with Crippen molar-refractivity contribution in [2.75, 3.05) is 32.7 Å². The van der Waals surface area contributed by atoms with Crippen molar-refractivity contribution in [3.63, 3.8) is 0 Å². The summed E-state index contributed by atoms with van der Waals surface area (Å²) in [4.78, 5) is 53.2. The van der Waals surface area contributed by atoms with Gasteiger partial charge in [-0.05, 0) is 66.9 Å². The molecular formula is C33H34N4O7. The molecule has 0 spiro atoms. The molecule has 2 heterocycles. The molecule has 228 valence electrons. The number of pyridine rings is 1. The minimum atomic E-state index is -1.11. The second kappa shape index (κ2) is 13.1. The third-order valence-corrected chi connectivity index (χ3v) is 8.01. The van der Waals surface area contributed by atoms with Crippen molar-refractivity contribution in [2.24, 2.45) is 0 Å². The van der Waals surface area contributed by atoms with Gasteiger partial charge in [-0.2, -0.15) is 0 Å². The van der Waals surface area contributed by atoms with Crippen molar-refractivity contribution in [1.82, 2.24) is 20.5 Å². The number of aromatic hydroxyl groups is 1. The second-order valence-corrected chi connectivity index (χ2v) is 11.0. The Morgan fingerprint density at radius 3 is 2.27 bits per heavy atom. The molecular weight excluding hydrogens is 564 g/mol. The summed E-state index contributed by atoms with van der Waals surface area (Å²) in [5.41, 5.74) is 0.886. The number of phenols is 1. The number of nitrogens with one attached hydrogen (secondary N) is 3. The van der Waals surface area contributed by atoms with Crippen LogP contribution in [-0.4, -0.2) is 75.7 Å². The van der Waals surface area contributed by atoms with Crippen molar-refractivity contribution in [2.45, 2.75) is 24.4 Å². The van der Waals surface area contributed by atoms with E-state index < -0.39 is 17.5 Å². The molecule has 11 nitrogen and oxygen atoms in total. The summed E-state index contributed by atoms with van der Waals surface area (Å²) in [5, 5.41) is 37.1. The number of carbonyl (C=O) groups excluding carboxylic acids is 2. The van der Waals surface area contributed by atoms with Crippen molar-refractivity contribution < 1.29 is 29.7 Å². The molecule has 1 aliphatic heterocycles. The molecule has 3 aromatic carbocycles. The molecule has 1 unspecified atom stereocenters. The van der Waals surface area contributed by atoms with Crippen LogP contribution in [0.5, 0.6) is 5.75 Å². The lowest BCUT2D eigenvalue weighted by atomic mass is 9.73. The van der Waals surface area contributed by atoms with Crippen molar-refractivity contribution >= 4 is 28.7 Å². The smallest absolute Gasteiger partial charge is 0.317 e. The predicted molar refractivity (Wildman–Crippen MR) is 164 cm³/mol. The Balaban J connectivity index is 1.02. The highest BCUT2D eigenvalue weighted by molar-refractivity contribution is 5.99. The van der Waals surface area contributed by atoms with Gasteiger partial charge in [-0.3, -0.25) is 19.2 Å². The van der Waals surface area contributed by atoms with Crippen LogP contribution >= 0.6 is 0 Å². The van der Waals surface area contributed by atoms with Crippen LogP contribution < -0.4 is 16.2 Å². The Hall–Kier alpha value is -5.00. The van der Waals surface area contributed by atoms with E-state index in [2.05, 4.69) is 15.6 Å². The summed E-state index contributed by atoms with van der Waals surface area (Å²) in [6, 6.07) is 21.2. The first-order valence-corrected chi connectivity index (χ1v) is 14.4. The van der Waals surface area contributed by atoms with E-state index in [9.17, 15) is 34.5 Å². The largest absolute Gasteiger partial charge is 0.506 e. The molecule has 1 atom stereocenters. The van der Waals surface area contributed by atoms with Crippen LogP contribution in [0.4, 0.5) is 0 Å². The zero-order valence-electron chi connectivity index (χ0n) is 24.0. The summed E-state index contributed by atoms with van der Waals surface area (Å²) < 4.78 is 0. The molecule has 2 amide bonds. The number of carboxylic acid groups (broad SMARTS) is 1. The molecule has 6 N–H and O–H groups in total. The minimum Gasteiger partial charge on any atom is -0.506 e. The zero-order valence-corrected chi connectivity index (χ0v) is 24.0. The average molecular weight is 599 g/mol. The van der Waals surface area contributed by atoms with E-state index in [0.717, 1.165) is 6.42 Å². The van der Waals surface area contributed by atoms with Gasteiger partial charge in [0.15, 0.2) is 0 Å². The summed E-state index contributed by atoms with van der Waals surface area (Å²) in [6.45, 7) is 1.50. The Kier molecular flexibility index (Phi) is 9.07. The third kappa shape index (κ3) is 6.34. The van der Waals surface area contributed by atoms with Crippen LogP contribution in [-0.2, 0) is 10.2 Å². The topological polar surface area (TPSA) is 172 Å². The predicted octanol–water partition coefficient (Wildman–Crippen LogP) is 2.55. The quantitative estimate of drug-likeness (QED) is 0.135. The number of hydrogen-bond acceptors (Lipinski definition) is 7. The number of aliphatic carboxylic acids is 1. The number of likely N-dealkylation sites (tertiary alicyclic amines) is 1. The van der Waals surface area contributed by atoms with Gasteiger partial charge in [0.25, 0.3) is 11.8 Å². The summed E-state index contributed by atoms with van der Waals surface area (Å²) in [5.74, 6) is -1.57. The van der Waals surface area contributed by atoms with Gasteiger partial charge in [0, 0.05) is 48.8 Å². The van der Waals surface area contributed by atoms with E-state index in [0.29, 0.717) is 47.2 Å². The van der Waals surface area contributed by atoms with Gasteiger partial charge in [0.05, 0.1) is 11.6 Å². The van der Waals surface area contributed by atoms with Gasteiger partial charge in [0.2, 0.25) is 5.56 Å². The van der Waals surface area contributed by atoms with Crippen molar-refractivity contribution in [1.29, 1.82) is 0 Å². The number of unbranched alkanes of at least 4 members (excludes halogenated alkanes) is 1. The molecule has 4 aromatic rings. The Morgan fingerprint density at radius 1 is 0.886 bits per heavy atom. The first-order chi connectivity index (χ1) is 21.2. The number of rotatable bonds is 12. The first-order valence-electron chi connectivity index (χ1n) is 14.4. The Morgan fingerprint density at radius 2 is 1.57 bits per heavy atom. The molecule has 0 aliphatic carbocycles. The average Bonchev–Trinajstić information content (AvgIpc) is 3.00. The van der Waals surface area contributed by atoms with Crippen molar-refractivity contribution in [3.05, 3.63) is 111 Å². The minimum absolute atomic E-state index is 0.0625. The SMILES string of the molecule is O=C(NCCCCNCC(O)c1ccc(O)c2[nH]c(=O)ccc12)c1ccc(C(=O)N2CC(C(=O)O)(c3ccccc3)C2)cc1. The number of benzene rings is 3. The summed E-state index contributed by atoms with van der Waals surface area (Å²) in [7, 11) is 0. The fraction of sp³-hybridized carbons (Fsp3) is 0.273. The number of amides is 2. The van der Waals surface area contributed by atoms with Gasteiger partial charge in [0.1, 0.15) is 11.2 Å². The normalized spacial score (nSPS) is 14.5. The molecule has 1 fully saturated rings. The number of phenolic OH excluding ortho intramolecular Hbond substituents is 1. The monoisotopic (exact) mass is 598 g/mol. The molecule has 1 aliphatic rings. The number of aromatic amines is 1. The number of H-pyrrole nitrogens is 1. The van der Waals surface area contributed by atoms with Gasteiger partial charge in [-0.1, -0.05) is 36.4 Å². The lowest BCUT2D eigenvalue weighted by Gasteiger charge is -2.47. The molecule has 1 saturated heterocycles. The van der Waals surface area contributed by atoms with Crippen LogP contribution in [0.1, 0.15) is 50.8 Å². The highest BCUT2D eigenvalue weighted by Crippen LogP contribution is 2.36. The number of aliphatic hydroxyl groups is 1. The number of fused-ring (bicyclic) bond motifs is 1. The summed E-state index contributed by atoms with van der Waals surface area (Å²) >= 11 is 0. The van der Waals surface area contributed by atoms with E-state index in [1.54, 1.807) is 60.7 Å². The van der Waals surface area contributed by atoms with Crippen LogP contribution in [0.3, 0.4) is 0 Å². The molecule has 0 saturated carbocycles. The highest BCUT2D eigenvalue weighted by Gasteiger charge is 2.52. The molecule has 44 heavy (non-hydrogen) atoms. The molecule has 5 rings (SSSR count). The van der Waals surface area contributed by atoms with E-state index in [-0.39, 0.29) is 48.3 Å². The number of aliphatic hydroxyl groups excluding tert-OH is 1. The lowest BCUT2D eigenvalue weighted by molar-refractivity contribution is -0.149. The standard InChI is InChI=1S/C33H34N4O7/c38-26-14-12-24(25-13-15-28(40)36-29(25)26)27(39)18-34-16-4-5-17-35-30(41)21-8-10-22(11-9-21)31(42)37-19-33(20-37,32(43)44)23-6-2-1-3-7-23/h1-3,6-15,27,34,38-39H,4-5,16-20H2,(H,35,41)(H,36,40)(H,43,44). The van der Waals surface area contributed by atoms with E-state index in [4.69, 9.17) is 0 Å². The van der Waals surface area contributed by atoms with Gasteiger partial charge in [-0.25, -0.2) is 0 Å². The van der Waals surface area contributed by atoms with Crippen LogP contribution in [0.25, 0.3) is 10.9 Å². The summed E-state index contributed by atoms with van der Waals surface area (Å²) in [6.07, 6.45) is 0.611. The highest BCUT2D eigenvalue weighted by atomic mass is 16.4. The molecule has 0 bridgehead atoms. The Bertz CT molecular complexity index is 1710. The third-order valence-electron chi connectivity index (χ3n) is 8.01. The van der Waals surface area contributed by atoms with Crippen LogP contribution in [0, 0.1) is 0 Å². The maximum Gasteiger partial charge on any atom is 0.317 e. The van der Waals surface area contributed by atoms with Crippen molar-refractivity contribution in [3.8, 4) is 5.75 Å². The zero-order chi connectivity index (χ0) is 31.3. The maximum atomic E-state index is 12.9. The maximum absolute atomic E-state index is 12.9. The Labute approximate surface area is 253 Å². The van der Waals surface area contributed by atoms with Crippen LogP contribution in [0.2, 0.25) is 0 Å². The fourth-order valence-corrected chi connectivity index (χ4v) is 5.47. The van der Waals surface area contributed by atoms with E-state index >= 15 is 0 Å². The fourth-order valence-electron chi connectivity index (χ4n) is 5.47. The van der Waals surface area contributed by atoms with Gasteiger partial charge in [-0.15, -0.1) is 0 Å². The van der Waals surface area contributed by atoms with Crippen LogP contribution in [0.15, 0.2) is 83.7 Å². The van der Waals surface area contributed by atoms with Gasteiger partial charge < -0.3 is 35.8 Å². The number of carboxylic acids is 1.